The molecule has 1 aliphatic heterocycles. The highest BCUT2D eigenvalue weighted by atomic mass is 32.2. The second-order valence-electron chi connectivity index (χ2n) is 7.78. The molecule has 1 aliphatic rings. The van der Waals surface area contributed by atoms with Crippen LogP contribution in [0.4, 0.5) is 0 Å². The number of benzene rings is 2. The Morgan fingerprint density at radius 3 is 2.43 bits per heavy atom. The van der Waals surface area contributed by atoms with Gasteiger partial charge in [0.05, 0.1) is 18.0 Å². The Hall–Kier alpha value is -2.38. The van der Waals surface area contributed by atoms with E-state index in [4.69, 9.17) is 4.74 Å². The number of carbonyl (C=O) groups excluding carboxylic acids is 1. The first-order valence-electron chi connectivity index (χ1n) is 10.3. The summed E-state index contributed by atoms with van der Waals surface area (Å²) in [7, 11) is -0.292. The van der Waals surface area contributed by atoms with Gasteiger partial charge in [0.1, 0.15) is 5.75 Å². The number of nitrogens with zero attached hydrogens (tertiary/aromatic N) is 2. The zero-order chi connectivity index (χ0) is 21.9. The first-order valence-corrected chi connectivity index (χ1v) is 11.7. The summed E-state index contributed by atoms with van der Waals surface area (Å²) in [4.78, 5) is 15.0. The summed E-state index contributed by atoms with van der Waals surface area (Å²) in [6.07, 6.45) is 2.79. The summed E-state index contributed by atoms with van der Waals surface area (Å²) < 4.78 is 33.3. The van der Waals surface area contributed by atoms with Gasteiger partial charge in [-0.15, -0.1) is 0 Å². The topological polar surface area (TPSA) is 66.9 Å². The van der Waals surface area contributed by atoms with Gasteiger partial charge < -0.3 is 9.64 Å². The molecule has 30 heavy (non-hydrogen) atoms. The number of piperidine rings is 1. The quantitative estimate of drug-likeness (QED) is 0.694. The van der Waals surface area contributed by atoms with E-state index in [1.807, 2.05) is 31.2 Å². The molecule has 3 rings (SSSR count). The fraction of sp³-hybridized carbons (Fsp3) is 0.435. The molecule has 1 heterocycles. The number of ether oxygens (including phenoxy) is 1. The van der Waals surface area contributed by atoms with E-state index in [9.17, 15) is 13.2 Å². The van der Waals surface area contributed by atoms with E-state index in [0.717, 1.165) is 24.8 Å². The van der Waals surface area contributed by atoms with E-state index in [0.29, 0.717) is 30.0 Å². The van der Waals surface area contributed by atoms with Crippen molar-refractivity contribution >= 4 is 15.9 Å². The van der Waals surface area contributed by atoms with Crippen LogP contribution in [0.25, 0.3) is 0 Å². The summed E-state index contributed by atoms with van der Waals surface area (Å²) >= 11 is 0. The van der Waals surface area contributed by atoms with E-state index in [2.05, 4.69) is 0 Å². The number of hydrogen-bond donors (Lipinski definition) is 0. The SMILES string of the molecule is COc1ccccc1C(C)N(C)C(=O)c1ccc(C)c(S(=O)(=O)N2CCCCC2)c1. The number of hydrogen-bond acceptors (Lipinski definition) is 4. The Bertz CT molecular complexity index is 1010. The second kappa shape index (κ2) is 9.18. The van der Waals surface area contributed by atoms with Crippen molar-refractivity contribution < 1.29 is 17.9 Å². The molecule has 1 atom stereocenters. The molecule has 0 aromatic heterocycles. The molecule has 1 saturated heterocycles. The molecule has 1 fully saturated rings. The highest BCUT2D eigenvalue weighted by molar-refractivity contribution is 7.89. The third-order valence-electron chi connectivity index (χ3n) is 5.86. The van der Waals surface area contributed by atoms with Gasteiger partial charge in [-0.2, -0.15) is 4.31 Å². The maximum atomic E-state index is 13.2. The number of sulfonamides is 1. The van der Waals surface area contributed by atoms with Crippen LogP contribution >= 0.6 is 0 Å². The molecule has 6 nitrogen and oxygen atoms in total. The molecule has 0 aliphatic carbocycles. The van der Waals surface area contributed by atoms with Crippen LogP contribution in [-0.4, -0.2) is 50.8 Å². The summed E-state index contributed by atoms with van der Waals surface area (Å²) in [5, 5.41) is 0. The number of rotatable bonds is 6. The van der Waals surface area contributed by atoms with Crippen LogP contribution in [0.2, 0.25) is 0 Å². The highest BCUT2D eigenvalue weighted by Gasteiger charge is 2.29. The summed E-state index contributed by atoms with van der Waals surface area (Å²) in [5.41, 5.74) is 1.90. The Morgan fingerprint density at radius 2 is 1.77 bits per heavy atom. The fourth-order valence-electron chi connectivity index (χ4n) is 3.86. The average molecular weight is 431 g/mol. The molecule has 0 spiro atoms. The molecule has 0 radical (unpaired) electrons. The Balaban J connectivity index is 1.90. The third kappa shape index (κ3) is 4.37. The third-order valence-corrected chi connectivity index (χ3v) is 7.90. The molecular weight excluding hydrogens is 400 g/mol. The molecule has 1 amide bonds. The molecule has 2 aromatic carbocycles. The van der Waals surface area contributed by atoms with E-state index in [1.165, 1.54) is 10.4 Å². The smallest absolute Gasteiger partial charge is 0.254 e. The molecule has 7 heteroatoms. The van der Waals surface area contributed by atoms with Gasteiger partial charge in [0.25, 0.3) is 5.91 Å². The first-order chi connectivity index (χ1) is 14.3. The minimum atomic E-state index is -3.61. The van der Waals surface area contributed by atoms with Crippen molar-refractivity contribution in [3.63, 3.8) is 0 Å². The number of methoxy groups -OCH3 is 1. The maximum absolute atomic E-state index is 13.2. The summed E-state index contributed by atoms with van der Waals surface area (Å²) in [6, 6.07) is 12.3. The Labute approximate surface area is 179 Å². The predicted molar refractivity (Wildman–Crippen MR) is 117 cm³/mol. The zero-order valence-corrected chi connectivity index (χ0v) is 18.9. The number of para-hydroxylation sites is 1. The van der Waals surface area contributed by atoms with Gasteiger partial charge in [0.2, 0.25) is 10.0 Å². The minimum absolute atomic E-state index is 0.216. The Kier molecular flexibility index (Phi) is 6.83. The van der Waals surface area contributed by atoms with Gasteiger partial charge >= 0.3 is 0 Å². The number of aryl methyl sites for hydroxylation is 1. The molecule has 162 valence electrons. The monoisotopic (exact) mass is 430 g/mol. The van der Waals surface area contributed by atoms with E-state index in [1.54, 1.807) is 38.1 Å². The fourth-order valence-corrected chi connectivity index (χ4v) is 5.62. The van der Waals surface area contributed by atoms with Gasteiger partial charge in [-0.05, 0) is 50.5 Å². The standard InChI is InChI=1S/C23H30N2O4S/c1-17-12-13-19(16-22(17)30(27,28)25-14-8-5-9-15-25)23(26)24(3)18(2)20-10-6-7-11-21(20)29-4/h6-7,10-13,16,18H,5,8-9,14-15H2,1-4H3. The minimum Gasteiger partial charge on any atom is -0.496 e. The van der Waals surface area contributed by atoms with E-state index in [-0.39, 0.29) is 16.8 Å². The lowest BCUT2D eigenvalue weighted by atomic mass is 10.0. The molecule has 0 N–H and O–H groups in total. The van der Waals surface area contributed by atoms with E-state index < -0.39 is 10.0 Å². The molecule has 1 unspecified atom stereocenters. The van der Waals surface area contributed by atoms with Crippen molar-refractivity contribution in [2.45, 2.75) is 44.0 Å². The molecule has 0 saturated carbocycles. The van der Waals surface area contributed by atoms with Gasteiger partial charge in [0.15, 0.2) is 0 Å². The van der Waals surface area contributed by atoms with Crippen LogP contribution in [0.5, 0.6) is 5.75 Å². The summed E-state index contributed by atoms with van der Waals surface area (Å²) in [6.45, 7) is 4.76. The van der Waals surface area contributed by atoms with Crippen molar-refractivity contribution in [1.82, 2.24) is 9.21 Å². The zero-order valence-electron chi connectivity index (χ0n) is 18.1. The van der Waals surface area contributed by atoms with Crippen LogP contribution in [0.15, 0.2) is 47.4 Å². The van der Waals surface area contributed by atoms with Gasteiger partial charge in [0, 0.05) is 31.3 Å². The maximum Gasteiger partial charge on any atom is 0.254 e. The summed E-state index contributed by atoms with van der Waals surface area (Å²) in [5.74, 6) is 0.477. The van der Waals surface area contributed by atoms with Crippen molar-refractivity contribution in [1.29, 1.82) is 0 Å². The van der Waals surface area contributed by atoms with Gasteiger partial charge in [-0.1, -0.05) is 30.7 Å². The highest BCUT2D eigenvalue weighted by Crippen LogP contribution is 2.30. The van der Waals surface area contributed by atoms with Crippen LogP contribution < -0.4 is 4.74 Å². The van der Waals surface area contributed by atoms with Crippen molar-refractivity contribution in [2.24, 2.45) is 0 Å². The molecule has 2 aromatic rings. The van der Waals surface area contributed by atoms with Crippen molar-refractivity contribution in [3.05, 3.63) is 59.2 Å². The number of amides is 1. The number of carbonyl (C=O) groups is 1. The van der Waals surface area contributed by atoms with Gasteiger partial charge in [-0.25, -0.2) is 8.42 Å². The van der Waals surface area contributed by atoms with Crippen molar-refractivity contribution in [3.8, 4) is 5.75 Å². The van der Waals surface area contributed by atoms with Crippen LogP contribution in [0, 0.1) is 6.92 Å². The normalized spacial score (nSPS) is 16.1. The Morgan fingerprint density at radius 1 is 1.10 bits per heavy atom. The first kappa shape index (κ1) is 22.3. The van der Waals surface area contributed by atoms with Crippen molar-refractivity contribution in [2.75, 3.05) is 27.2 Å². The van der Waals surface area contributed by atoms with Crippen LogP contribution in [0.1, 0.15) is 53.7 Å². The largest absolute Gasteiger partial charge is 0.496 e. The van der Waals surface area contributed by atoms with Gasteiger partial charge in [-0.3, -0.25) is 4.79 Å². The van der Waals surface area contributed by atoms with Crippen LogP contribution in [0.3, 0.4) is 0 Å². The molecule has 0 bridgehead atoms. The predicted octanol–water partition coefficient (Wildman–Crippen LogP) is 4.01. The van der Waals surface area contributed by atoms with E-state index >= 15 is 0 Å². The lowest BCUT2D eigenvalue weighted by Gasteiger charge is -2.28. The lowest BCUT2D eigenvalue weighted by molar-refractivity contribution is 0.0741. The molecular formula is C23H30N2O4S. The lowest BCUT2D eigenvalue weighted by Crippen LogP contribution is -2.36. The second-order valence-corrected chi connectivity index (χ2v) is 9.69. The average Bonchev–Trinajstić information content (AvgIpc) is 2.78. The van der Waals surface area contributed by atoms with Crippen LogP contribution in [-0.2, 0) is 10.0 Å².